The van der Waals surface area contributed by atoms with Gasteiger partial charge in [0, 0.05) is 12.3 Å². The molecule has 0 fully saturated rings. The number of alkyl halides is 3. The number of hydrogen-bond acceptors (Lipinski definition) is 1. The molecule has 15 heavy (non-hydrogen) atoms. The van der Waals surface area contributed by atoms with E-state index in [0.29, 0.717) is 6.42 Å². The number of rotatable bonds is 3. The molecule has 0 amide bonds. The summed E-state index contributed by atoms with van der Waals surface area (Å²) in [6.45, 7) is 1.61. The Morgan fingerprint density at radius 2 is 1.80 bits per heavy atom. The second kappa shape index (κ2) is 5.60. The molecule has 1 rings (SSSR count). The number of Topliss-reactive ketones (excluding diaryl/α,β-unsaturated/α-hetero) is 1. The molecule has 0 N–H and O–H groups in total. The lowest BCUT2D eigenvalue weighted by Gasteiger charge is -2.25. The first-order valence-electron chi connectivity index (χ1n) is 4.52. The normalized spacial score (nSPS) is 13.6. The number of carbonyl (C=O) groups excluding carboxylic acids is 1. The highest BCUT2D eigenvalue weighted by Gasteiger charge is 2.32. The second-order valence-corrected chi connectivity index (χ2v) is 10.4. The van der Waals surface area contributed by atoms with Crippen molar-refractivity contribution in [3.8, 4) is 0 Å². The van der Waals surface area contributed by atoms with Crippen LogP contribution >= 0.6 is 47.8 Å². The van der Waals surface area contributed by atoms with E-state index in [-0.39, 0.29) is 11.7 Å². The van der Waals surface area contributed by atoms with Crippen LogP contribution in [-0.4, -0.2) is 7.93 Å². The van der Waals surface area contributed by atoms with Crippen LogP contribution in [0, 0.1) is 0 Å². The summed E-state index contributed by atoms with van der Waals surface area (Å²) in [5, 5.41) is 0. The van der Waals surface area contributed by atoms with Crippen LogP contribution in [0.15, 0.2) is 30.3 Å². The zero-order chi connectivity index (χ0) is 11.5. The molecular weight excluding hydrogens is 388 g/mol. The van der Waals surface area contributed by atoms with Gasteiger partial charge >= 0.3 is 0 Å². The van der Waals surface area contributed by atoms with Gasteiger partial charge in [-0.1, -0.05) is 78.1 Å². The van der Waals surface area contributed by atoms with Crippen molar-refractivity contribution in [2.75, 3.05) is 0 Å². The van der Waals surface area contributed by atoms with E-state index < -0.39 is 2.14 Å². The Morgan fingerprint density at radius 3 is 2.20 bits per heavy atom. The zero-order valence-electron chi connectivity index (χ0n) is 8.21. The van der Waals surface area contributed by atoms with Gasteiger partial charge in [0.1, 0.15) is 7.93 Å². The second-order valence-electron chi connectivity index (χ2n) is 3.41. The van der Waals surface area contributed by atoms with Crippen molar-refractivity contribution >= 4 is 53.6 Å². The molecule has 1 nitrogen and oxygen atoms in total. The van der Waals surface area contributed by atoms with Gasteiger partial charge in [-0.2, -0.15) is 0 Å². The molecule has 0 radical (unpaired) electrons. The Kier molecular flexibility index (Phi) is 5.00. The highest BCUT2D eigenvalue weighted by Crippen LogP contribution is 2.48. The molecular formula is C11H11Br3O. The molecule has 1 unspecified atom stereocenters. The first kappa shape index (κ1) is 13.4. The molecule has 0 aliphatic rings. The Balaban J connectivity index is 2.97. The van der Waals surface area contributed by atoms with Crippen molar-refractivity contribution in [3.05, 3.63) is 35.9 Å². The Bertz CT molecular complexity index is 329. The molecule has 0 saturated heterocycles. The van der Waals surface area contributed by atoms with Crippen molar-refractivity contribution in [3.63, 3.8) is 0 Å². The summed E-state index contributed by atoms with van der Waals surface area (Å²) in [4.78, 5) is 11.2. The van der Waals surface area contributed by atoms with Gasteiger partial charge in [0.15, 0.2) is 0 Å². The third-order valence-electron chi connectivity index (χ3n) is 2.09. The lowest BCUT2D eigenvalue weighted by atomic mass is 9.96. The lowest BCUT2D eigenvalue weighted by Crippen LogP contribution is -2.18. The highest BCUT2D eigenvalue weighted by atomic mass is 80.0. The van der Waals surface area contributed by atoms with Crippen molar-refractivity contribution in [2.24, 2.45) is 0 Å². The molecule has 1 atom stereocenters. The van der Waals surface area contributed by atoms with E-state index in [0.717, 1.165) is 5.56 Å². The molecule has 0 aliphatic heterocycles. The van der Waals surface area contributed by atoms with E-state index >= 15 is 0 Å². The highest BCUT2D eigenvalue weighted by molar-refractivity contribution is 9.39. The van der Waals surface area contributed by atoms with Crippen LogP contribution in [0.4, 0.5) is 0 Å². The molecule has 0 spiro atoms. The molecule has 4 heteroatoms. The Morgan fingerprint density at radius 1 is 1.27 bits per heavy atom. The topological polar surface area (TPSA) is 17.1 Å². The molecule has 1 aromatic rings. The van der Waals surface area contributed by atoms with Crippen LogP contribution in [0.2, 0.25) is 0 Å². The smallest absolute Gasteiger partial charge is 0.142 e. The molecule has 0 heterocycles. The minimum Gasteiger partial charge on any atom is -0.300 e. The summed E-state index contributed by atoms with van der Waals surface area (Å²) in [6.07, 6.45) is 0.492. The number of hydrogen-bond donors (Lipinski definition) is 0. The summed E-state index contributed by atoms with van der Waals surface area (Å²) in [5.41, 5.74) is 1.12. The van der Waals surface area contributed by atoms with Crippen LogP contribution in [0.5, 0.6) is 0 Å². The predicted octanol–water partition coefficient (Wildman–Crippen LogP) is 4.59. The zero-order valence-corrected chi connectivity index (χ0v) is 13.0. The Labute approximate surface area is 115 Å². The molecule has 0 aromatic heterocycles. The van der Waals surface area contributed by atoms with Gasteiger partial charge in [-0.05, 0) is 12.5 Å². The first-order valence-corrected chi connectivity index (χ1v) is 6.90. The molecule has 0 aliphatic carbocycles. The quantitative estimate of drug-likeness (QED) is 0.681. The van der Waals surface area contributed by atoms with Gasteiger partial charge in [-0.3, -0.25) is 0 Å². The summed E-state index contributed by atoms with van der Waals surface area (Å²) in [6, 6.07) is 9.95. The van der Waals surface area contributed by atoms with Gasteiger partial charge in [-0.15, -0.1) is 0 Å². The van der Waals surface area contributed by atoms with E-state index in [4.69, 9.17) is 0 Å². The molecule has 1 aromatic carbocycles. The monoisotopic (exact) mass is 396 g/mol. The van der Waals surface area contributed by atoms with Gasteiger partial charge in [0.25, 0.3) is 0 Å². The largest absolute Gasteiger partial charge is 0.300 e. The fraction of sp³-hybridized carbons (Fsp3) is 0.364. The summed E-state index contributed by atoms with van der Waals surface area (Å²) in [5.74, 6) is 0.239. The van der Waals surface area contributed by atoms with Crippen LogP contribution in [0.1, 0.15) is 24.8 Å². The van der Waals surface area contributed by atoms with E-state index in [2.05, 4.69) is 47.8 Å². The number of carbonyl (C=O) groups is 1. The number of halogens is 3. The fourth-order valence-electron chi connectivity index (χ4n) is 1.40. The summed E-state index contributed by atoms with van der Waals surface area (Å²) in [7, 11) is 0. The van der Waals surface area contributed by atoms with Crippen molar-refractivity contribution in [2.45, 2.75) is 21.4 Å². The van der Waals surface area contributed by atoms with Crippen molar-refractivity contribution < 1.29 is 4.79 Å². The van der Waals surface area contributed by atoms with E-state index in [1.165, 1.54) is 0 Å². The number of ketones is 1. The van der Waals surface area contributed by atoms with Gasteiger partial charge < -0.3 is 4.79 Å². The maximum atomic E-state index is 11.2. The van der Waals surface area contributed by atoms with Crippen molar-refractivity contribution in [1.29, 1.82) is 0 Å². The maximum Gasteiger partial charge on any atom is 0.142 e. The van der Waals surface area contributed by atoms with Gasteiger partial charge in [-0.25, -0.2) is 0 Å². The number of benzene rings is 1. The average molecular weight is 399 g/mol. The van der Waals surface area contributed by atoms with Crippen molar-refractivity contribution in [1.82, 2.24) is 0 Å². The summed E-state index contributed by atoms with van der Waals surface area (Å²) < 4.78 is -0.431. The third-order valence-corrected chi connectivity index (χ3v) is 3.75. The molecule has 0 saturated carbocycles. The van der Waals surface area contributed by atoms with Crippen LogP contribution in [-0.2, 0) is 4.79 Å². The van der Waals surface area contributed by atoms with Gasteiger partial charge in [0.05, 0.1) is 0 Å². The predicted molar refractivity (Wildman–Crippen MR) is 74.0 cm³/mol. The third kappa shape index (κ3) is 4.37. The van der Waals surface area contributed by atoms with Gasteiger partial charge in [0.2, 0.25) is 0 Å². The molecule has 0 bridgehead atoms. The maximum absolute atomic E-state index is 11.2. The first-order chi connectivity index (χ1) is 6.91. The van der Waals surface area contributed by atoms with E-state index in [1.54, 1.807) is 6.92 Å². The van der Waals surface area contributed by atoms with Crippen LogP contribution in [0.25, 0.3) is 0 Å². The van der Waals surface area contributed by atoms with Crippen LogP contribution in [0.3, 0.4) is 0 Å². The minimum absolute atomic E-state index is 0.0659. The minimum atomic E-state index is -0.431. The Hall–Kier alpha value is 0.330. The fourth-order valence-corrected chi connectivity index (χ4v) is 2.67. The van der Waals surface area contributed by atoms with E-state index in [1.807, 2.05) is 30.3 Å². The van der Waals surface area contributed by atoms with Crippen LogP contribution < -0.4 is 0 Å². The summed E-state index contributed by atoms with van der Waals surface area (Å²) >= 11 is 10.5. The molecule has 82 valence electrons. The SMILES string of the molecule is CC(=O)CC(c1ccccc1)C(Br)(Br)Br. The average Bonchev–Trinajstić information content (AvgIpc) is 2.14. The lowest BCUT2D eigenvalue weighted by molar-refractivity contribution is -0.117. The van der Waals surface area contributed by atoms with E-state index in [9.17, 15) is 4.79 Å². The standard InChI is InChI=1S/C11H11Br3O/c1-8(15)7-10(11(12,13)14)9-5-3-2-4-6-9/h2-6,10H,7H2,1H3.